The van der Waals surface area contributed by atoms with Crippen LogP contribution in [0, 0.1) is 6.92 Å². The van der Waals surface area contributed by atoms with Crippen LogP contribution in [0.2, 0.25) is 0 Å². The number of aryl methyl sites for hydroxylation is 1. The molecule has 0 fully saturated rings. The summed E-state index contributed by atoms with van der Waals surface area (Å²) in [6, 6.07) is 0. The van der Waals surface area contributed by atoms with E-state index < -0.39 is 0 Å². The molecule has 0 unspecified atom stereocenters. The Balaban J connectivity index is 3.29. The van der Waals surface area contributed by atoms with Gasteiger partial charge in [-0.15, -0.1) is 0 Å². The molecular formula is C7H10BrN3. The number of hydrogen-bond acceptors (Lipinski definition) is 3. The van der Waals surface area contributed by atoms with Gasteiger partial charge in [-0.25, -0.2) is 0 Å². The number of pyridine rings is 1. The number of nitrogens with zero attached hydrogens (tertiary/aromatic N) is 1. The second-order valence-corrected chi connectivity index (χ2v) is 3.08. The first-order valence-corrected chi connectivity index (χ1v) is 4.04. The van der Waals surface area contributed by atoms with Crippen molar-refractivity contribution >= 4 is 27.3 Å². The summed E-state index contributed by atoms with van der Waals surface area (Å²) in [5.74, 6) is 0. The fourth-order valence-electron chi connectivity index (χ4n) is 0.917. The van der Waals surface area contributed by atoms with E-state index in [0.717, 1.165) is 15.9 Å². The van der Waals surface area contributed by atoms with E-state index in [1.165, 1.54) is 0 Å². The van der Waals surface area contributed by atoms with Gasteiger partial charge in [0.2, 0.25) is 0 Å². The number of hydrogen-bond donors (Lipinski definition) is 2. The van der Waals surface area contributed by atoms with Crippen molar-refractivity contribution in [1.29, 1.82) is 0 Å². The number of nitrogens with two attached hydrogens (primary N) is 1. The van der Waals surface area contributed by atoms with Crippen molar-refractivity contribution in [3.05, 3.63) is 16.4 Å². The molecule has 1 aromatic heterocycles. The summed E-state index contributed by atoms with van der Waals surface area (Å²) >= 11 is 3.29. The van der Waals surface area contributed by atoms with E-state index >= 15 is 0 Å². The van der Waals surface area contributed by atoms with Gasteiger partial charge < -0.3 is 11.1 Å². The standard InChI is InChI=1S/C7H10BrN3/c1-4-7(10-2)6(9)5(8)3-11-4/h3,10H,1-2H3,(H2,9,11). The van der Waals surface area contributed by atoms with Gasteiger partial charge in [-0.1, -0.05) is 0 Å². The highest BCUT2D eigenvalue weighted by Gasteiger charge is 2.04. The number of nitrogen functional groups attached to an aromatic ring is 1. The molecule has 0 amide bonds. The second-order valence-electron chi connectivity index (χ2n) is 2.23. The number of nitrogens with one attached hydrogen (secondary N) is 1. The van der Waals surface area contributed by atoms with E-state index in [2.05, 4.69) is 26.2 Å². The van der Waals surface area contributed by atoms with Crippen LogP contribution in [0.1, 0.15) is 5.69 Å². The average molecular weight is 216 g/mol. The van der Waals surface area contributed by atoms with Gasteiger partial charge in [-0.2, -0.15) is 0 Å². The van der Waals surface area contributed by atoms with Gasteiger partial charge >= 0.3 is 0 Å². The topological polar surface area (TPSA) is 50.9 Å². The predicted octanol–water partition coefficient (Wildman–Crippen LogP) is 1.78. The molecule has 0 aliphatic carbocycles. The van der Waals surface area contributed by atoms with Gasteiger partial charge in [0.15, 0.2) is 0 Å². The molecule has 1 heterocycles. The smallest absolute Gasteiger partial charge is 0.0799 e. The first-order valence-electron chi connectivity index (χ1n) is 3.25. The summed E-state index contributed by atoms with van der Waals surface area (Å²) in [6.45, 7) is 1.91. The lowest BCUT2D eigenvalue weighted by atomic mass is 10.3. The van der Waals surface area contributed by atoms with E-state index in [9.17, 15) is 0 Å². The van der Waals surface area contributed by atoms with Crippen LogP contribution in [0.25, 0.3) is 0 Å². The highest BCUT2D eigenvalue weighted by atomic mass is 79.9. The summed E-state index contributed by atoms with van der Waals surface area (Å²) in [7, 11) is 1.83. The maximum atomic E-state index is 5.74. The first kappa shape index (κ1) is 8.33. The van der Waals surface area contributed by atoms with Gasteiger partial charge in [0, 0.05) is 13.2 Å². The molecule has 60 valence electrons. The number of aromatic nitrogens is 1. The summed E-state index contributed by atoms with van der Waals surface area (Å²) in [5, 5.41) is 2.99. The molecule has 1 rings (SSSR count). The summed E-state index contributed by atoms with van der Waals surface area (Å²) < 4.78 is 0.826. The van der Waals surface area contributed by atoms with Crippen molar-refractivity contribution < 1.29 is 0 Å². The molecule has 0 saturated heterocycles. The van der Waals surface area contributed by atoms with E-state index in [-0.39, 0.29) is 0 Å². The molecule has 0 bridgehead atoms. The lowest BCUT2D eigenvalue weighted by Crippen LogP contribution is -2.00. The maximum absolute atomic E-state index is 5.74. The summed E-state index contributed by atoms with van der Waals surface area (Å²) in [6.07, 6.45) is 1.70. The lowest BCUT2D eigenvalue weighted by Gasteiger charge is -2.08. The summed E-state index contributed by atoms with van der Waals surface area (Å²) in [4.78, 5) is 4.12. The second kappa shape index (κ2) is 3.09. The largest absolute Gasteiger partial charge is 0.396 e. The van der Waals surface area contributed by atoms with Gasteiger partial charge in [-0.05, 0) is 22.9 Å². The Hall–Kier alpha value is -0.770. The molecule has 11 heavy (non-hydrogen) atoms. The minimum Gasteiger partial charge on any atom is -0.396 e. The molecule has 0 aliphatic rings. The highest BCUT2D eigenvalue weighted by molar-refractivity contribution is 9.10. The average Bonchev–Trinajstić information content (AvgIpc) is 1.99. The van der Waals surface area contributed by atoms with Crippen molar-refractivity contribution in [2.45, 2.75) is 6.92 Å². The van der Waals surface area contributed by atoms with Gasteiger partial charge in [0.25, 0.3) is 0 Å². The van der Waals surface area contributed by atoms with Gasteiger partial charge in [-0.3, -0.25) is 4.98 Å². The summed E-state index contributed by atoms with van der Waals surface area (Å²) in [5.41, 5.74) is 8.25. The molecule has 1 aromatic rings. The van der Waals surface area contributed by atoms with Gasteiger partial charge in [0.05, 0.1) is 21.5 Å². The first-order chi connectivity index (χ1) is 5.16. The zero-order chi connectivity index (χ0) is 8.43. The Morgan fingerprint density at radius 2 is 2.27 bits per heavy atom. The molecule has 0 aromatic carbocycles. The third-order valence-electron chi connectivity index (χ3n) is 1.51. The van der Waals surface area contributed by atoms with Crippen LogP contribution in [0.3, 0.4) is 0 Å². The minimum absolute atomic E-state index is 0.708. The molecule has 3 N–H and O–H groups in total. The Morgan fingerprint density at radius 1 is 1.64 bits per heavy atom. The normalized spacial score (nSPS) is 9.73. The number of anilines is 2. The molecule has 3 nitrogen and oxygen atoms in total. The third kappa shape index (κ3) is 1.45. The van der Waals surface area contributed by atoms with Crippen molar-refractivity contribution in [3.63, 3.8) is 0 Å². The van der Waals surface area contributed by atoms with Crippen molar-refractivity contribution in [2.75, 3.05) is 18.1 Å². The van der Waals surface area contributed by atoms with E-state index in [4.69, 9.17) is 5.73 Å². The van der Waals surface area contributed by atoms with Crippen LogP contribution in [-0.4, -0.2) is 12.0 Å². The van der Waals surface area contributed by atoms with E-state index in [1.807, 2.05) is 14.0 Å². The van der Waals surface area contributed by atoms with Crippen molar-refractivity contribution in [2.24, 2.45) is 0 Å². The maximum Gasteiger partial charge on any atom is 0.0799 e. The predicted molar refractivity (Wildman–Crippen MR) is 50.6 cm³/mol. The van der Waals surface area contributed by atoms with Crippen LogP contribution in [0.15, 0.2) is 10.7 Å². The van der Waals surface area contributed by atoms with Crippen molar-refractivity contribution in [3.8, 4) is 0 Å². The monoisotopic (exact) mass is 215 g/mol. The molecule has 0 saturated carbocycles. The van der Waals surface area contributed by atoms with E-state index in [0.29, 0.717) is 5.69 Å². The highest BCUT2D eigenvalue weighted by Crippen LogP contribution is 2.28. The van der Waals surface area contributed by atoms with Crippen LogP contribution >= 0.6 is 15.9 Å². The minimum atomic E-state index is 0.708. The number of rotatable bonds is 1. The SMILES string of the molecule is CNc1c(C)ncc(Br)c1N. The lowest BCUT2D eigenvalue weighted by molar-refractivity contribution is 1.19. The Labute approximate surface area is 74.1 Å². The fourth-order valence-corrected chi connectivity index (χ4v) is 1.22. The molecule has 4 heteroatoms. The fraction of sp³-hybridized carbons (Fsp3) is 0.286. The zero-order valence-corrected chi connectivity index (χ0v) is 8.07. The molecule has 0 spiro atoms. The molecular weight excluding hydrogens is 206 g/mol. The number of halogens is 1. The zero-order valence-electron chi connectivity index (χ0n) is 6.48. The molecule has 0 radical (unpaired) electrons. The van der Waals surface area contributed by atoms with Crippen LogP contribution in [-0.2, 0) is 0 Å². The van der Waals surface area contributed by atoms with Crippen LogP contribution in [0.4, 0.5) is 11.4 Å². The molecule has 0 atom stereocenters. The van der Waals surface area contributed by atoms with Crippen LogP contribution in [0.5, 0.6) is 0 Å². The third-order valence-corrected chi connectivity index (χ3v) is 2.14. The quantitative estimate of drug-likeness (QED) is 0.752. The van der Waals surface area contributed by atoms with Crippen molar-refractivity contribution in [1.82, 2.24) is 4.98 Å². The van der Waals surface area contributed by atoms with E-state index in [1.54, 1.807) is 6.20 Å². The van der Waals surface area contributed by atoms with Crippen LogP contribution < -0.4 is 11.1 Å². The van der Waals surface area contributed by atoms with Gasteiger partial charge in [0.1, 0.15) is 0 Å². The Kier molecular flexibility index (Phi) is 2.34. The molecule has 0 aliphatic heterocycles. The Morgan fingerprint density at radius 3 is 2.73 bits per heavy atom. The Bertz CT molecular complexity index is 273.